The summed E-state index contributed by atoms with van der Waals surface area (Å²) < 4.78 is 5.70. The van der Waals surface area contributed by atoms with Crippen LogP contribution in [0.25, 0.3) is 22.9 Å². The Morgan fingerprint density at radius 3 is 2.35 bits per heavy atom. The minimum atomic E-state index is 0.452. The quantitative estimate of drug-likeness (QED) is 0.707. The molecule has 0 fully saturated rings. The fourth-order valence-corrected chi connectivity index (χ4v) is 1.95. The first kappa shape index (κ1) is 12.1. The lowest BCUT2D eigenvalue weighted by Crippen LogP contribution is -1.81. The van der Waals surface area contributed by atoms with Crippen LogP contribution in [-0.2, 0) is 0 Å². The van der Waals surface area contributed by atoms with Gasteiger partial charge in [0.05, 0.1) is 11.6 Å². The SMILES string of the molecule is Cc1ccccc1-c1nnc(-c2ccc(C#N)cc2)o1. The molecule has 0 saturated heterocycles. The zero-order valence-electron chi connectivity index (χ0n) is 10.9. The molecule has 0 unspecified atom stereocenters. The van der Waals surface area contributed by atoms with Gasteiger partial charge in [-0.15, -0.1) is 10.2 Å². The van der Waals surface area contributed by atoms with E-state index in [0.29, 0.717) is 17.3 Å². The summed E-state index contributed by atoms with van der Waals surface area (Å²) in [5.41, 5.74) is 3.42. The molecule has 0 atom stereocenters. The van der Waals surface area contributed by atoms with Crippen molar-refractivity contribution in [3.8, 4) is 29.0 Å². The van der Waals surface area contributed by atoms with Gasteiger partial charge in [0.15, 0.2) is 0 Å². The Labute approximate surface area is 116 Å². The smallest absolute Gasteiger partial charge is 0.248 e. The van der Waals surface area contributed by atoms with Crippen molar-refractivity contribution in [2.75, 3.05) is 0 Å². The van der Waals surface area contributed by atoms with Gasteiger partial charge in [-0.3, -0.25) is 0 Å². The molecule has 1 aromatic heterocycles. The number of nitrogens with zero attached hydrogens (tertiary/aromatic N) is 3. The number of benzene rings is 2. The van der Waals surface area contributed by atoms with E-state index in [1.54, 1.807) is 24.3 Å². The second-order valence-corrected chi connectivity index (χ2v) is 4.42. The fourth-order valence-electron chi connectivity index (χ4n) is 1.95. The summed E-state index contributed by atoms with van der Waals surface area (Å²) in [4.78, 5) is 0. The molecule has 0 radical (unpaired) electrons. The maximum absolute atomic E-state index is 8.78. The van der Waals surface area contributed by atoms with E-state index in [-0.39, 0.29) is 0 Å². The van der Waals surface area contributed by atoms with Gasteiger partial charge < -0.3 is 4.42 Å². The molecule has 0 spiro atoms. The van der Waals surface area contributed by atoms with E-state index in [9.17, 15) is 0 Å². The van der Waals surface area contributed by atoms with Crippen LogP contribution in [0.5, 0.6) is 0 Å². The van der Waals surface area contributed by atoms with Gasteiger partial charge >= 0.3 is 0 Å². The Kier molecular flexibility index (Phi) is 3.02. The topological polar surface area (TPSA) is 62.7 Å². The van der Waals surface area contributed by atoms with Gasteiger partial charge in [-0.25, -0.2) is 0 Å². The lowest BCUT2D eigenvalue weighted by molar-refractivity contribution is 0.584. The number of aryl methyl sites for hydroxylation is 1. The van der Waals surface area contributed by atoms with Gasteiger partial charge in [0, 0.05) is 11.1 Å². The number of rotatable bonds is 2. The second kappa shape index (κ2) is 4.98. The molecule has 0 aliphatic heterocycles. The molecule has 3 aromatic rings. The summed E-state index contributed by atoms with van der Waals surface area (Å²) in [6.45, 7) is 2.00. The van der Waals surface area contributed by atoms with Crippen molar-refractivity contribution in [1.29, 1.82) is 5.26 Å². The van der Waals surface area contributed by atoms with Crippen LogP contribution in [0.15, 0.2) is 52.9 Å². The normalized spacial score (nSPS) is 10.2. The van der Waals surface area contributed by atoms with Crippen LogP contribution in [0.1, 0.15) is 11.1 Å². The summed E-state index contributed by atoms with van der Waals surface area (Å²) in [5, 5.41) is 16.9. The maximum atomic E-state index is 8.78. The highest BCUT2D eigenvalue weighted by atomic mass is 16.4. The van der Waals surface area contributed by atoms with E-state index in [1.807, 2.05) is 31.2 Å². The summed E-state index contributed by atoms with van der Waals surface area (Å²) in [5.74, 6) is 0.954. The molecule has 0 amide bonds. The third-order valence-corrected chi connectivity index (χ3v) is 3.06. The molecule has 0 N–H and O–H groups in total. The minimum Gasteiger partial charge on any atom is -0.416 e. The first-order valence-electron chi connectivity index (χ1n) is 6.18. The molecule has 2 aromatic carbocycles. The summed E-state index contributed by atoms with van der Waals surface area (Å²) in [6.07, 6.45) is 0. The van der Waals surface area contributed by atoms with E-state index in [4.69, 9.17) is 9.68 Å². The standard InChI is InChI=1S/C16H11N3O/c1-11-4-2-3-5-14(11)16-19-18-15(20-16)13-8-6-12(10-17)7-9-13/h2-9H,1H3. The monoisotopic (exact) mass is 261 g/mol. The number of nitriles is 1. The van der Waals surface area contributed by atoms with Gasteiger partial charge in [-0.1, -0.05) is 18.2 Å². The van der Waals surface area contributed by atoms with Crippen LogP contribution in [0.3, 0.4) is 0 Å². The van der Waals surface area contributed by atoms with E-state index >= 15 is 0 Å². The lowest BCUT2D eigenvalue weighted by atomic mass is 10.1. The number of aromatic nitrogens is 2. The predicted molar refractivity (Wildman–Crippen MR) is 74.6 cm³/mol. The molecule has 96 valence electrons. The lowest BCUT2D eigenvalue weighted by Gasteiger charge is -1.99. The van der Waals surface area contributed by atoms with Gasteiger partial charge in [-0.2, -0.15) is 5.26 Å². The van der Waals surface area contributed by atoms with Crippen LogP contribution in [-0.4, -0.2) is 10.2 Å². The van der Waals surface area contributed by atoms with Crippen molar-refractivity contribution in [1.82, 2.24) is 10.2 Å². The Balaban J connectivity index is 1.98. The van der Waals surface area contributed by atoms with E-state index in [2.05, 4.69) is 16.3 Å². The molecule has 20 heavy (non-hydrogen) atoms. The first-order valence-corrected chi connectivity index (χ1v) is 6.18. The maximum Gasteiger partial charge on any atom is 0.248 e. The van der Waals surface area contributed by atoms with Crippen molar-refractivity contribution in [3.63, 3.8) is 0 Å². The Hall–Kier alpha value is -2.93. The molecule has 0 bridgehead atoms. The second-order valence-electron chi connectivity index (χ2n) is 4.42. The van der Waals surface area contributed by atoms with Gasteiger partial charge in [0.2, 0.25) is 11.8 Å². The molecule has 4 heteroatoms. The Morgan fingerprint density at radius 1 is 0.950 bits per heavy atom. The van der Waals surface area contributed by atoms with Gasteiger partial charge in [0.25, 0.3) is 0 Å². The van der Waals surface area contributed by atoms with E-state index in [1.165, 1.54) is 0 Å². The number of hydrogen-bond donors (Lipinski definition) is 0. The minimum absolute atomic E-state index is 0.452. The average Bonchev–Trinajstić information content (AvgIpc) is 2.97. The molecule has 1 heterocycles. The molecule has 4 nitrogen and oxygen atoms in total. The highest BCUT2D eigenvalue weighted by Crippen LogP contribution is 2.25. The van der Waals surface area contributed by atoms with Gasteiger partial charge in [0.1, 0.15) is 0 Å². The first-order chi connectivity index (χ1) is 9.78. The van der Waals surface area contributed by atoms with Crippen LogP contribution < -0.4 is 0 Å². The van der Waals surface area contributed by atoms with Crippen LogP contribution in [0.2, 0.25) is 0 Å². The van der Waals surface area contributed by atoms with Crippen LogP contribution in [0, 0.1) is 18.3 Å². The largest absolute Gasteiger partial charge is 0.416 e. The van der Waals surface area contributed by atoms with Gasteiger partial charge in [-0.05, 0) is 42.8 Å². The number of hydrogen-bond acceptors (Lipinski definition) is 4. The molecule has 0 aliphatic rings. The van der Waals surface area contributed by atoms with E-state index in [0.717, 1.165) is 16.7 Å². The molecular formula is C16H11N3O. The third-order valence-electron chi connectivity index (χ3n) is 3.06. The summed E-state index contributed by atoms with van der Waals surface area (Å²) >= 11 is 0. The predicted octanol–water partition coefficient (Wildman–Crippen LogP) is 3.58. The van der Waals surface area contributed by atoms with Crippen molar-refractivity contribution < 1.29 is 4.42 Å². The average molecular weight is 261 g/mol. The molecule has 0 aliphatic carbocycles. The third kappa shape index (κ3) is 2.17. The van der Waals surface area contributed by atoms with Crippen LogP contribution >= 0.6 is 0 Å². The fraction of sp³-hybridized carbons (Fsp3) is 0.0625. The van der Waals surface area contributed by atoms with Crippen molar-refractivity contribution in [2.24, 2.45) is 0 Å². The highest BCUT2D eigenvalue weighted by molar-refractivity contribution is 5.61. The highest BCUT2D eigenvalue weighted by Gasteiger charge is 2.11. The van der Waals surface area contributed by atoms with Crippen molar-refractivity contribution in [3.05, 3.63) is 59.7 Å². The Bertz CT molecular complexity index is 782. The molecular weight excluding hydrogens is 250 g/mol. The Morgan fingerprint density at radius 2 is 1.65 bits per heavy atom. The van der Waals surface area contributed by atoms with Crippen LogP contribution in [0.4, 0.5) is 0 Å². The summed E-state index contributed by atoms with van der Waals surface area (Å²) in [6, 6.07) is 17.0. The van der Waals surface area contributed by atoms with Crippen molar-refractivity contribution >= 4 is 0 Å². The zero-order chi connectivity index (χ0) is 13.9. The van der Waals surface area contributed by atoms with Crippen molar-refractivity contribution in [2.45, 2.75) is 6.92 Å². The zero-order valence-corrected chi connectivity index (χ0v) is 10.9. The van der Waals surface area contributed by atoms with E-state index < -0.39 is 0 Å². The summed E-state index contributed by atoms with van der Waals surface area (Å²) in [7, 11) is 0. The molecule has 0 saturated carbocycles. The molecule has 3 rings (SSSR count).